The number of amides is 1. The molecule has 1 saturated carbocycles. The molecule has 0 aliphatic heterocycles. The summed E-state index contributed by atoms with van der Waals surface area (Å²) < 4.78 is 5.55. The van der Waals surface area contributed by atoms with Crippen molar-refractivity contribution in [1.82, 2.24) is 9.88 Å². The Morgan fingerprint density at radius 3 is 2.56 bits per heavy atom. The summed E-state index contributed by atoms with van der Waals surface area (Å²) in [6.45, 7) is 0. The molecular weight excluding hydrogens is 236 g/mol. The first kappa shape index (κ1) is 12.3. The van der Waals surface area contributed by atoms with Gasteiger partial charge in [0.15, 0.2) is 5.75 Å². The van der Waals surface area contributed by atoms with Gasteiger partial charge in [0.05, 0.1) is 23.4 Å². The summed E-state index contributed by atoms with van der Waals surface area (Å²) in [6.07, 6.45) is 4.48. The molecule has 2 rings (SSSR count). The molecular formula is C12H14N2O4. The van der Waals surface area contributed by atoms with Crippen LogP contribution in [-0.2, 0) is 0 Å². The van der Waals surface area contributed by atoms with Gasteiger partial charge in [0.2, 0.25) is 0 Å². The maximum atomic E-state index is 12.0. The number of carboxylic acids is 1. The molecule has 1 aromatic heterocycles. The van der Waals surface area contributed by atoms with Gasteiger partial charge >= 0.3 is 5.97 Å². The van der Waals surface area contributed by atoms with Crippen LogP contribution in [0.3, 0.4) is 0 Å². The number of carbonyl (C=O) groups excluding carboxylic acids is 1. The van der Waals surface area contributed by atoms with Crippen LogP contribution in [0.15, 0.2) is 12.4 Å². The number of pyridine rings is 1. The lowest BCUT2D eigenvalue weighted by atomic mass is 10.1. The second-order valence-electron chi connectivity index (χ2n) is 4.38. The Morgan fingerprint density at radius 2 is 2.06 bits per heavy atom. The number of rotatable bonds is 4. The van der Waals surface area contributed by atoms with E-state index < -0.39 is 11.9 Å². The van der Waals surface area contributed by atoms with E-state index in [2.05, 4.69) is 4.98 Å². The van der Waals surface area contributed by atoms with Crippen molar-refractivity contribution in [1.29, 1.82) is 0 Å². The minimum absolute atomic E-state index is 0.0643. The van der Waals surface area contributed by atoms with Crippen molar-refractivity contribution in [3.8, 4) is 5.75 Å². The highest BCUT2D eigenvalue weighted by molar-refractivity contribution is 6.06. The Hall–Kier alpha value is -2.11. The lowest BCUT2D eigenvalue weighted by molar-refractivity contribution is 0.0682. The fraction of sp³-hybridized carbons (Fsp3) is 0.417. The predicted octanol–water partition coefficient (Wildman–Crippen LogP) is 1.02. The van der Waals surface area contributed by atoms with Crippen molar-refractivity contribution in [2.45, 2.75) is 18.9 Å². The number of ether oxygens (including phenoxy) is 1. The summed E-state index contributed by atoms with van der Waals surface area (Å²) in [5.41, 5.74) is -0.0683. The molecule has 1 aliphatic carbocycles. The van der Waals surface area contributed by atoms with Crippen molar-refractivity contribution in [3.05, 3.63) is 23.5 Å². The van der Waals surface area contributed by atoms with E-state index in [1.807, 2.05) is 0 Å². The molecule has 0 aromatic carbocycles. The van der Waals surface area contributed by atoms with Gasteiger partial charge in [0.25, 0.3) is 5.91 Å². The highest BCUT2D eigenvalue weighted by Crippen LogP contribution is 2.30. The van der Waals surface area contributed by atoms with Crippen LogP contribution >= 0.6 is 0 Å². The van der Waals surface area contributed by atoms with E-state index >= 15 is 0 Å². The van der Waals surface area contributed by atoms with Crippen LogP contribution in [0.2, 0.25) is 0 Å². The molecule has 1 N–H and O–H groups in total. The number of carbonyl (C=O) groups is 2. The Kier molecular flexibility index (Phi) is 3.18. The number of nitrogens with zero attached hydrogens (tertiary/aromatic N) is 2. The first-order valence-electron chi connectivity index (χ1n) is 5.60. The van der Waals surface area contributed by atoms with E-state index in [4.69, 9.17) is 9.84 Å². The standard InChI is InChI=1S/C12H14N2O4/c1-14(2)11(15)10-8(12(16)17)5-13-6-9(10)18-7-3-4-7/h5-7H,3-4H2,1-2H3,(H,16,17). The Labute approximate surface area is 104 Å². The van der Waals surface area contributed by atoms with Crippen LogP contribution in [-0.4, -0.2) is 47.1 Å². The van der Waals surface area contributed by atoms with E-state index in [9.17, 15) is 9.59 Å². The lowest BCUT2D eigenvalue weighted by Crippen LogP contribution is -2.25. The summed E-state index contributed by atoms with van der Waals surface area (Å²) >= 11 is 0. The van der Waals surface area contributed by atoms with E-state index in [-0.39, 0.29) is 23.0 Å². The second-order valence-corrected chi connectivity index (χ2v) is 4.38. The summed E-state index contributed by atoms with van der Waals surface area (Å²) in [5.74, 6) is -1.34. The zero-order chi connectivity index (χ0) is 13.3. The van der Waals surface area contributed by atoms with Crippen LogP contribution in [0.1, 0.15) is 33.6 Å². The molecule has 96 valence electrons. The molecule has 18 heavy (non-hydrogen) atoms. The lowest BCUT2D eigenvalue weighted by Gasteiger charge is -2.16. The average molecular weight is 250 g/mol. The van der Waals surface area contributed by atoms with Gasteiger partial charge in [-0.25, -0.2) is 4.79 Å². The van der Waals surface area contributed by atoms with Crippen LogP contribution in [0.25, 0.3) is 0 Å². The fourth-order valence-corrected chi connectivity index (χ4v) is 1.50. The largest absolute Gasteiger partial charge is 0.488 e. The zero-order valence-electron chi connectivity index (χ0n) is 10.2. The quantitative estimate of drug-likeness (QED) is 0.863. The minimum Gasteiger partial charge on any atom is -0.488 e. The molecule has 0 saturated heterocycles. The van der Waals surface area contributed by atoms with Crippen LogP contribution in [0.4, 0.5) is 0 Å². The molecule has 6 nitrogen and oxygen atoms in total. The molecule has 0 bridgehead atoms. The van der Waals surface area contributed by atoms with Crippen molar-refractivity contribution in [3.63, 3.8) is 0 Å². The van der Waals surface area contributed by atoms with Gasteiger partial charge in [-0.15, -0.1) is 0 Å². The van der Waals surface area contributed by atoms with Crippen LogP contribution < -0.4 is 4.74 Å². The molecule has 0 radical (unpaired) electrons. The molecule has 6 heteroatoms. The van der Waals surface area contributed by atoms with Crippen LogP contribution in [0.5, 0.6) is 5.75 Å². The molecule has 0 atom stereocenters. The molecule has 1 aromatic rings. The third-order valence-electron chi connectivity index (χ3n) is 2.58. The average Bonchev–Trinajstić information content (AvgIpc) is 3.11. The van der Waals surface area contributed by atoms with E-state index in [1.165, 1.54) is 17.3 Å². The van der Waals surface area contributed by atoms with Gasteiger partial charge in [-0.2, -0.15) is 0 Å². The number of aromatic nitrogens is 1. The third-order valence-corrected chi connectivity index (χ3v) is 2.58. The topological polar surface area (TPSA) is 79.7 Å². The summed E-state index contributed by atoms with van der Waals surface area (Å²) in [5, 5.41) is 9.10. The normalized spacial score (nSPS) is 14.1. The van der Waals surface area contributed by atoms with E-state index in [1.54, 1.807) is 14.1 Å². The Balaban J connectivity index is 2.47. The highest BCUT2D eigenvalue weighted by atomic mass is 16.5. The van der Waals surface area contributed by atoms with Gasteiger partial charge in [0.1, 0.15) is 0 Å². The van der Waals surface area contributed by atoms with Crippen LogP contribution in [0, 0.1) is 0 Å². The first-order chi connectivity index (χ1) is 8.50. The highest BCUT2D eigenvalue weighted by Gasteiger charge is 2.29. The monoisotopic (exact) mass is 250 g/mol. The smallest absolute Gasteiger partial charge is 0.338 e. The Bertz CT molecular complexity index is 495. The van der Waals surface area contributed by atoms with E-state index in [0.717, 1.165) is 12.8 Å². The molecule has 0 unspecified atom stereocenters. The van der Waals surface area contributed by atoms with Crippen molar-refractivity contribution in [2.75, 3.05) is 14.1 Å². The number of carboxylic acid groups (broad SMARTS) is 1. The fourth-order valence-electron chi connectivity index (χ4n) is 1.50. The SMILES string of the molecule is CN(C)C(=O)c1c(OC2CC2)cncc1C(=O)O. The van der Waals surface area contributed by atoms with Gasteiger partial charge < -0.3 is 14.7 Å². The first-order valence-corrected chi connectivity index (χ1v) is 5.60. The molecule has 1 fully saturated rings. The summed E-state index contributed by atoms with van der Waals surface area (Å²) in [7, 11) is 3.13. The summed E-state index contributed by atoms with van der Waals surface area (Å²) in [6, 6.07) is 0. The molecule has 1 aliphatic rings. The zero-order valence-corrected chi connectivity index (χ0v) is 10.2. The van der Waals surface area contributed by atoms with Crippen molar-refractivity contribution < 1.29 is 19.4 Å². The second kappa shape index (κ2) is 4.64. The summed E-state index contributed by atoms with van der Waals surface area (Å²) in [4.78, 5) is 28.3. The molecule has 1 heterocycles. The van der Waals surface area contributed by atoms with Crippen molar-refractivity contribution >= 4 is 11.9 Å². The minimum atomic E-state index is -1.19. The maximum Gasteiger partial charge on any atom is 0.338 e. The maximum absolute atomic E-state index is 12.0. The Morgan fingerprint density at radius 1 is 1.39 bits per heavy atom. The number of hydrogen-bond acceptors (Lipinski definition) is 4. The predicted molar refractivity (Wildman–Crippen MR) is 62.9 cm³/mol. The van der Waals surface area contributed by atoms with Crippen molar-refractivity contribution in [2.24, 2.45) is 0 Å². The van der Waals surface area contributed by atoms with Gasteiger partial charge in [0, 0.05) is 20.3 Å². The van der Waals surface area contributed by atoms with Gasteiger partial charge in [-0.05, 0) is 12.8 Å². The molecule has 0 spiro atoms. The third kappa shape index (κ3) is 2.42. The van der Waals surface area contributed by atoms with E-state index in [0.29, 0.717) is 0 Å². The van der Waals surface area contributed by atoms with Gasteiger partial charge in [-0.3, -0.25) is 9.78 Å². The number of hydrogen-bond donors (Lipinski definition) is 1. The molecule has 1 amide bonds. The van der Waals surface area contributed by atoms with Gasteiger partial charge in [-0.1, -0.05) is 0 Å². The number of aromatic carboxylic acids is 1.